The maximum atomic E-state index is 12.6. The summed E-state index contributed by atoms with van der Waals surface area (Å²) in [5.74, 6) is 0.672. The predicted molar refractivity (Wildman–Crippen MR) is 69.8 cm³/mol. The van der Waals surface area contributed by atoms with Gasteiger partial charge in [0.25, 0.3) is 0 Å². The van der Waals surface area contributed by atoms with Gasteiger partial charge in [-0.3, -0.25) is 4.79 Å². The summed E-state index contributed by atoms with van der Waals surface area (Å²) in [7, 11) is 2.00. The van der Waals surface area contributed by atoms with Crippen LogP contribution in [-0.2, 0) is 4.79 Å². The van der Waals surface area contributed by atoms with Crippen LogP contribution < -0.4 is 5.32 Å². The second kappa shape index (κ2) is 4.97. The Labute approximate surface area is 105 Å². The highest BCUT2D eigenvalue weighted by molar-refractivity contribution is 5.80. The molecule has 1 saturated carbocycles. The van der Waals surface area contributed by atoms with Crippen LogP contribution in [0.3, 0.4) is 0 Å². The lowest BCUT2D eigenvalue weighted by Crippen LogP contribution is -2.50. The van der Waals surface area contributed by atoms with Crippen molar-refractivity contribution < 1.29 is 4.79 Å². The number of likely N-dealkylation sites (N-methyl/N-ethyl adjacent to an activating group) is 1. The van der Waals surface area contributed by atoms with Gasteiger partial charge in [0.15, 0.2) is 0 Å². The molecule has 3 nitrogen and oxygen atoms in total. The Kier molecular flexibility index (Phi) is 3.76. The van der Waals surface area contributed by atoms with E-state index in [-0.39, 0.29) is 11.3 Å². The van der Waals surface area contributed by atoms with E-state index in [1.807, 2.05) is 7.05 Å². The molecule has 0 aromatic carbocycles. The third-order valence-electron chi connectivity index (χ3n) is 4.70. The molecule has 1 amide bonds. The zero-order chi connectivity index (χ0) is 12.5. The highest BCUT2D eigenvalue weighted by Crippen LogP contribution is 2.43. The van der Waals surface area contributed by atoms with E-state index in [9.17, 15) is 4.79 Å². The number of carbonyl (C=O) groups excluding carboxylic acids is 1. The SMILES string of the molecule is CNC1CCCN(C(=O)C2CCCC2(C)C)C1. The molecule has 1 aliphatic heterocycles. The first-order valence-electron chi connectivity index (χ1n) is 7.00. The van der Waals surface area contributed by atoms with Crippen LogP contribution in [0.5, 0.6) is 0 Å². The molecule has 0 aromatic heterocycles. The number of nitrogens with one attached hydrogen (secondary N) is 1. The van der Waals surface area contributed by atoms with Gasteiger partial charge in [0, 0.05) is 25.0 Å². The molecule has 2 rings (SSSR count). The van der Waals surface area contributed by atoms with Crippen molar-refractivity contribution in [2.45, 2.75) is 52.0 Å². The molecule has 1 aliphatic carbocycles. The monoisotopic (exact) mass is 238 g/mol. The van der Waals surface area contributed by atoms with Crippen LogP contribution >= 0.6 is 0 Å². The van der Waals surface area contributed by atoms with E-state index in [1.54, 1.807) is 0 Å². The van der Waals surface area contributed by atoms with E-state index in [1.165, 1.54) is 19.3 Å². The molecule has 0 radical (unpaired) electrons. The molecule has 1 heterocycles. The number of likely N-dealkylation sites (tertiary alicyclic amines) is 1. The summed E-state index contributed by atoms with van der Waals surface area (Å²) >= 11 is 0. The molecule has 2 unspecified atom stereocenters. The molecule has 1 saturated heterocycles. The lowest BCUT2D eigenvalue weighted by molar-refractivity contribution is -0.139. The predicted octanol–water partition coefficient (Wildman–Crippen LogP) is 2.02. The number of nitrogens with zero attached hydrogens (tertiary/aromatic N) is 1. The van der Waals surface area contributed by atoms with Crippen LogP contribution in [0, 0.1) is 11.3 Å². The van der Waals surface area contributed by atoms with Gasteiger partial charge in [-0.15, -0.1) is 0 Å². The Morgan fingerprint density at radius 3 is 2.65 bits per heavy atom. The summed E-state index contributed by atoms with van der Waals surface area (Å²) in [6.45, 7) is 6.37. The lowest BCUT2D eigenvalue weighted by atomic mass is 9.81. The molecule has 0 aromatic rings. The topological polar surface area (TPSA) is 32.3 Å². The second-order valence-corrected chi connectivity index (χ2v) is 6.35. The van der Waals surface area contributed by atoms with Crippen molar-refractivity contribution in [1.82, 2.24) is 10.2 Å². The Bertz CT molecular complexity index is 288. The number of amides is 1. The Balaban J connectivity index is 1.99. The second-order valence-electron chi connectivity index (χ2n) is 6.35. The number of carbonyl (C=O) groups is 1. The van der Waals surface area contributed by atoms with Crippen molar-refractivity contribution >= 4 is 5.91 Å². The highest BCUT2D eigenvalue weighted by Gasteiger charge is 2.41. The van der Waals surface area contributed by atoms with Crippen LogP contribution in [-0.4, -0.2) is 37.0 Å². The summed E-state index contributed by atoms with van der Waals surface area (Å²) in [4.78, 5) is 14.7. The first-order chi connectivity index (χ1) is 8.04. The third-order valence-corrected chi connectivity index (χ3v) is 4.70. The smallest absolute Gasteiger partial charge is 0.226 e. The van der Waals surface area contributed by atoms with Crippen LogP contribution in [0.2, 0.25) is 0 Å². The van der Waals surface area contributed by atoms with E-state index in [0.717, 1.165) is 25.9 Å². The molecule has 1 N–H and O–H groups in total. The van der Waals surface area contributed by atoms with Crippen molar-refractivity contribution in [1.29, 1.82) is 0 Å². The van der Waals surface area contributed by atoms with Gasteiger partial charge in [-0.2, -0.15) is 0 Å². The summed E-state index contributed by atoms with van der Waals surface area (Å²) in [5, 5.41) is 3.31. The Morgan fingerprint density at radius 1 is 1.29 bits per heavy atom. The average Bonchev–Trinajstić information content (AvgIpc) is 2.68. The summed E-state index contributed by atoms with van der Waals surface area (Å²) in [6.07, 6.45) is 5.85. The highest BCUT2D eigenvalue weighted by atomic mass is 16.2. The Morgan fingerprint density at radius 2 is 2.06 bits per heavy atom. The summed E-state index contributed by atoms with van der Waals surface area (Å²) in [5.41, 5.74) is 0.212. The molecule has 3 heteroatoms. The van der Waals surface area contributed by atoms with E-state index >= 15 is 0 Å². The number of hydrogen-bond donors (Lipinski definition) is 1. The van der Waals surface area contributed by atoms with Gasteiger partial charge in [-0.25, -0.2) is 0 Å². The van der Waals surface area contributed by atoms with Crippen LogP contribution in [0.25, 0.3) is 0 Å². The molecule has 2 atom stereocenters. The van der Waals surface area contributed by atoms with Crippen molar-refractivity contribution in [3.8, 4) is 0 Å². The molecule has 2 aliphatic rings. The van der Waals surface area contributed by atoms with Gasteiger partial charge in [-0.05, 0) is 38.1 Å². The van der Waals surface area contributed by atoms with E-state index in [2.05, 4.69) is 24.1 Å². The zero-order valence-corrected chi connectivity index (χ0v) is 11.5. The van der Waals surface area contributed by atoms with Gasteiger partial charge < -0.3 is 10.2 Å². The maximum Gasteiger partial charge on any atom is 0.226 e. The fourth-order valence-corrected chi connectivity index (χ4v) is 3.42. The molecule has 17 heavy (non-hydrogen) atoms. The van der Waals surface area contributed by atoms with Crippen LogP contribution in [0.4, 0.5) is 0 Å². The summed E-state index contributed by atoms with van der Waals surface area (Å²) < 4.78 is 0. The van der Waals surface area contributed by atoms with E-state index < -0.39 is 0 Å². The van der Waals surface area contributed by atoms with Gasteiger partial charge in [0.05, 0.1) is 0 Å². The molecule has 2 fully saturated rings. The Hall–Kier alpha value is -0.570. The molecular formula is C14H26N2O. The minimum absolute atomic E-state index is 0.212. The van der Waals surface area contributed by atoms with Crippen molar-refractivity contribution in [2.75, 3.05) is 20.1 Å². The zero-order valence-electron chi connectivity index (χ0n) is 11.5. The van der Waals surface area contributed by atoms with Crippen molar-refractivity contribution in [3.05, 3.63) is 0 Å². The number of hydrogen-bond acceptors (Lipinski definition) is 2. The van der Waals surface area contributed by atoms with Gasteiger partial charge in [-0.1, -0.05) is 20.3 Å². The van der Waals surface area contributed by atoms with Crippen LogP contribution in [0.1, 0.15) is 46.0 Å². The van der Waals surface area contributed by atoms with Gasteiger partial charge in [0.2, 0.25) is 5.91 Å². The molecule has 0 spiro atoms. The molecule has 0 bridgehead atoms. The average molecular weight is 238 g/mol. The van der Waals surface area contributed by atoms with Gasteiger partial charge >= 0.3 is 0 Å². The van der Waals surface area contributed by atoms with E-state index in [4.69, 9.17) is 0 Å². The minimum Gasteiger partial charge on any atom is -0.341 e. The summed E-state index contributed by atoms with van der Waals surface area (Å²) in [6, 6.07) is 0.497. The van der Waals surface area contributed by atoms with Crippen molar-refractivity contribution in [2.24, 2.45) is 11.3 Å². The molecule has 98 valence electrons. The first-order valence-corrected chi connectivity index (χ1v) is 7.00. The largest absolute Gasteiger partial charge is 0.341 e. The number of rotatable bonds is 2. The standard InChI is InChI=1S/C14H26N2O/c1-14(2)8-4-7-12(14)13(17)16-9-5-6-11(10-16)15-3/h11-12,15H,4-10H2,1-3H3. The first kappa shape index (κ1) is 12.9. The minimum atomic E-state index is 0.212. The molecular weight excluding hydrogens is 212 g/mol. The number of piperidine rings is 1. The quantitative estimate of drug-likeness (QED) is 0.798. The third kappa shape index (κ3) is 2.65. The normalized spacial score (nSPS) is 32.8. The fraction of sp³-hybridized carbons (Fsp3) is 0.929. The van der Waals surface area contributed by atoms with Crippen LogP contribution in [0.15, 0.2) is 0 Å². The maximum absolute atomic E-state index is 12.6. The fourth-order valence-electron chi connectivity index (χ4n) is 3.42. The van der Waals surface area contributed by atoms with E-state index in [0.29, 0.717) is 11.9 Å². The lowest BCUT2D eigenvalue weighted by Gasteiger charge is -2.37. The van der Waals surface area contributed by atoms with Gasteiger partial charge in [0.1, 0.15) is 0 Å². The van der Waals surface area contributed by atoms with Crippen molar-refractivity contribution in [3.63, 3.8) is 0 Å².